The van der Waals surface area contributed by atoms with Crippen molar-refractivity contribution in [3.05, 3.63) is 35.9 Å². The van der Waals surface area contributed by atoms with Crippen molar-refractivity contribution in [2.75, 3.05) is 27.2 Å². The number of carbonyl (C=O) groups is 1. The Morgan fingerprint density at radius 2 is 1.84 bits per heavy atom. The van der Waals surface area contributed by atoms with Crippen LogP contribution in [0.15, 0.2) is 30.3 Å². The first-order chi connectivity index (χ1) is 11.8. The number of rotatable bonds is 8. The van der Waals surface area contributed by atoms with E-state index in [4.69, 9.17) is 4.74 Å². The summed E-state index contributed by atoms with van der Waals surface area (Å²) in [6, 6.07) is 9.33. The summed E-state index contributed by atoms with van der Waals surface area (Å²) in [4.78, 5) is 13.1. The van der Waals surface area contributed by atoms with Crippen LogP contribution in [0, 0.1) is 5.92 Å². The lowest BCUT2D eigenvalue weighted by atomic mass is 9.80. The van der Waals surface area contributed by atoms with E-state index in [0.717, 1.165) is 49.7 Å². The molecule has 1 aromatic carbocycles. The largest absolute Gasteiger partial charge is 0.454 e. The third kappa shape index (κ3) is 4.62. The molecule has 0 aromatic heterocycles. The van der Waals surface area contributed by atoms with Gasteiger partial charge in [0.05, 0.1) is 20.6 Å². The first-order valence-corrected chi connectivity index (χ1v) is 9.64. The van der Waals surface area contributed by atoms with Crippen LogP contribution in [0.2, 0.25) is 0 Å². The van der Waals surface area contributed by atoms with Crippen molar-refractivity contribution in [3.8, 4) is 0 Å². The van der Waals surface area contributed by atoms with E-state index in [9.17, 15) is 9.90 Å². The number of hydrogen-bond acceptors (Lipinski definition) is 3. The second-order valence-electron chi connectivity index (χ2n) is 7.98. The number of likely N-dealkylation sites (N-methyl/N-ethyl adjacent to an activating group) is 1. The van der Waals surface area contributed by atoms with Crippen molar-refractivity contribution in [2.24, 2.45) is 5.92 Å². The van der Waals surface area contributed by atoms with Crippen LogP contribution in [-0.2, 0) is 15.1 Å². The third-order valence-corrected chi connectivity index (χ3v) is 5.75. The molecule has 25 heavy (non-hydrogen) atoms. The molecule has 0 amide bonds. The van der Waals surface area contributed by atoms with Gasteiger partial charge in [-0.2, -0.15) is 0 Å². The van der Waals surface area contributed by atoms with E-state index in [1.165, 1.54) is 0 Å². The van der Waals surface area contributed by atoms with Crippen LogP contribution in [0.25, 0.3) is 0 Å². The average Bonchev–Trinajstić information content (AvgIpc) is 3.16. The summed E-state index contributed by atoms with van der Waals surface area (Å²) in [5.41, 5.74) is -0.875. The zero-order chi connectivity index (χ0) is 18.5. The smallest absolute Gasteiger partial charge is 0.343 e. The van der Waals surface area contributed by atoms with E-state index in [-0.39, 0.29) is 12.0 Å². The van der Waals surface area contributed by atoms with Crippen molar-refractivity contribution in [1.29, 1.82) is 0 Å². The second kappa shape index (κ2) is 8.33. The molecule has 0 spiro atoms. The summed E-state index contributed by atoms with van der Waals surface area (Å²) >= 11 is 0. The molecule has 0 radical (unpaired) electrons. The Hall–Kier alpha value is -1.39. The minimum Gasteiger partial charge on any atom is -0.454 e. The Bertz CT molecular complexity index is 552. The van der Waals surface area contributed by atoms with Crippen LogP contribution < -0.4 is 0 Å². The Morgan fingerprint density at radius 1 is 1.24 bits per heavy atom. The minimum absolute atomic E-state index is 0.0615. The zero-order valence-corrected chi connectivity index (χ0v) is 16.2. The van der Waals surface area contributed by atoms with E-state index >= 15 is 0 Å². The van der Waals surface area contributed by atoms with Gasteiger partial charge >= 0.3 is 5.97 Å². The quantitative estimate of drug-likeness (QED) is 0.578. The van der Waals surface area contributed by atoms with E-state index in [0.29, 0.717) is 5.56 Å². The van der Waals surface area contributed by atoms with E-state index in [1.54, 1.807) is 0 Å². The topological polar surface area (TPSA) is 46.5 Å². The maximum Gasteiger partial charge on any atom is 0.343 e. The van der Waals surface area contributed by atoms with Gasteiger partial charge in [-0.15, -0.1) is 0 Å². The maximum absolute atomic E-state index is 13.1. The minimum atomic E-state index is -1.53. The summed E-state index contributed by atoms with van der Waals surface area (Å²) in [5.74, 6) is -0.540. The Labute approximate surface area is 152 Å². The van der Waals surface area contributed by atoms with Crippen LogP contribution >= 0.6 is 0 Å². The van der Waals surface area contributed by atoms with E-state index < -0.39 is 11.6 Å². The van der Waals surface area contributed by atoms with Gasteiger partial charge in [-0.05, 0) is 31.7 Å². The van der Waals surface area contributed by atoms with Gasteiger partial charge in [0, 0.05) is 5.92 Å². The molecule has 140 valence electrons. The molecule has 2 atom stereocenters. The van der Waals surface area contributed by atoms with Crippen molar-refractivity contribution < 1.29 is 19.1 Å². The summed E-state index contributed by atoms with van der Waals surface area (Å²) in [5, 5.41) is 11.5. The molecule has 1 saturated carbocycles. The molecular formula is C21H34NO3+. The molecule has 1 aromatic rings. The van der Waals surface area contributed by atoms with Crippen LogP contribution in [0.4, 0.5) is 0 Å². The Morgan fingerprint density at radius 3 is 2.36 bits per heavy atom. The van der Waals surface area contributed by atoms with E-state index in [1.807, 2.05) is 37.3 Å². The first kappa shape index (κ1) is 19.9. The fourth-order valence-electron chi connectivity index (χ4n) is 3.73. The molecular weight excluding hydrogens is 314 g/mol. The summed E-state index contributed by atoms with van der Waals surface area (Å²) < 4.78 is 6.66. The predicted octanol–water partition coefficient (Wildman–Crippen LogP) is 3.48. The molecule has 0 aliphatic heterocycles. The molecule has 0 bridgehead atoms. The molecule has 2 unspecified atom stereocenters. The van der Waals surface area contributed by atoms with Crippen molar-refractivity contribution in [3.63, 3.8) is 0 Å². The molecule has 4 nitrogen and oxygen atoms in total. The van der Waals surface area contributed by atoms with Crippen molar-refractivity contribution in [1.82, 2.24) is 0 Å². The summed E-state index contributed by atoms with van der Waals surface area (Å²) in [6.45, 7) is 5.89. The molecule has 0 saturated heterocycles. The number of carbonyl (C=O) groups excluding carboxylic acids is 1. The lowest BCUT2D eigenvalue weighted by molar-refractivity contribution is -0.891. The number of quaternary nitrogens is 1. The number of nitrogens with zero attached hydrogens (tertiary/aromatic N) is 1. The monoisotopic (exact) mass is 348 g/mol. The Kier molecular flexibility index (Phi) is 6.64. The Balaban J connectivity index is 2.23. The van der Waals surface area contributed by atoms with Crippen LogP contribution in [-0.4, -0.2) is 48.8 Å². The van der Waals surface area contributed by atoms with Gasteiger partial charge in [-0.3, -0.25) is 0 Å². The van der Waals surface area contributed by atoms with Gasteiger partial charge in [0.25, 0.3) is 0 Å². The molecule has 1 N–H and O–H groups in total. The van der Waals surface area contributed by atoms with Gasteiger partial charge in [-0.1, -0.05) is 50.1 Å². The standard InChI is InChI=1S/C21H34NO3/c1-5-19(16-22(3,4)6-2)25-20(23)21(24,18-14-10-11-15-18)17-12-8-7-9-13-17/h7-9,12-13,18-19,24H,5-6,10-11,14-16H2,1-4H3/q+1. The van der Waals surface area contributed by atoms with Gasteiger partial charge in [0.1, 0.15) is 6.54 Å². The fourth-order valence-corrected chi connectivity index (χ4v) is 3.73. The lowest BCUT2D eigenvalue weighted by Crippen LogP contribution is -2.49. The predicted molar refractivity (Wildman–Crippen MR) is 100.0 cm³/mol. The third-order valence-electron chi connectivity index (χ3n) is 5.75. The molecule has 1 aliphatic rings. The first-order valence-electron chi connectivity index (χ1n) is 9.64. The summed E-state index contributed by atoms with van der Waals surface area (Å²) in [6.07, 6.45) is 4.43. The van der Waals surface area contributed by atoms with Crippen molar-refractivity contribution in [2.45, 2.75) is 57.7 Å². The number of hydrogen-bond donors (Lipinski definition) is 1. The highest BCUT2D eigenvalue weighted by Crippen LogP contribution is 2.41. The molecule has 1 fully saturated rings. The highest BCUT2D eigenvalue weighted by Gasteiger charge is 2.48. The van der Waals surface area contributed by atoms with Crippen LogP contribution in [0.5, 0.6) is 0 Å². The SMILES string of the molecule is CCC(C[N+](C)(C)CC)OC(=O)C(O)(c1ccccc1)C1CCCC1. The zero-order valence-electron chi connectivity index (χ0n) is 16.2. The van der Waals surface area contributed by atoms with Crippen LogP contribution in [0.3, 0.4) is 0 Å². The molecule has 1 aliphatic carbocycles. The molecule has 2 rings (SSSR count). The molecule has 0 heterocycles. The van der Waals surface area contributed by atoms with E-state index in [2.05, 4.69) is 21.0 Å². The fraction of sp³-hybridized carbons (Fsp3) is 0.667. The van der Waals surface area contributed by atoms with Gasteiger partial charge in [-0.25, -0.2) is 4.79 Å². The highest BCUT2D eigenvalue weighted by molar-refractivity contribution is 5.81. The second-order valence-corrected chi connectivity index (χ2v) is 7.98. The number of esters is 1. The summed E-state index contributed by atoms with van der Waals surface area (Å²) in [7, 11) is 4.27. The maximum atomic E-state index is 13.1. The number of aliphatic hydroxyl groups is 1. The van der Waals surface area contributed by atoms with Gasteiger partial charge in [0.2, 0.25) is 0 Å². The van der Waals surface area contributed by atoms with Crippen molar-refractivity contribution >= 4 is 5.97 Å². The number of benzene rings is 1. The van der Waals surface area contributed by atoms with Gasteiger partial charge < -0.3 is 14.3 Å². The van der Waals surface area contributed by atoms with Gasteiger partial charge in [0.15, 0.2) is 11.7 Å². The van der Waals surface area contributed by atoms with Crippen LogP contribution in [0.1, 0.15) is 51.5 Å². The molecule has 4 heteroatoms. The normalized spacial score (nSPS) is 19.4. The highest BCUT2D eigenvalue weighted by atomic mass is 16.6. The lowest BCUT2D eigenvalue weighted by Gasteiger charge is -2.36. The average molecular weight is 349 g/mol. The number of ether oxygens (including phenoxy) is 1.